The van der Waals surface area contributed by atoms with Crippen LogP contribution in [0.1, 0.15) is 42.5 Å². The van der Waals surface area contributed by atoms with Crippen LogP contribution >= 0.6 is 0 Å². The molecular weight excluding hydrogens is 346 g/mol. The van der Waals surface area contributed by atoms with Crippen LogP contribution in [0.5, 0.6) is 0 Å². The molecule has 1 heterocycles. The van der Waals surface area contributed by atoms with Crippen molar-refractivity contribution in [2.75, 3.05) is 5.32 Å². The predicted molar refractivity (Wildman–Crippen MR) is 102 cm³/mol. The molecule has 0 aliphatic heterocycles. The van der Waals surface area contributed by atoms with Crippen molar-refractivity contribution in [3.05, 3.63) is 47.3 Å². The van der Waals surface area contributed by atoms with Crippen molar-refractivity contribution in [2.24, 2.45) is 5.41 Å². The van der Waals surface area contributed by atoms with Gasteiger partial charge in [0.25, 0.3) is 11.8 Å². The Hall–Kier alpha value is -3.16. The minimum absolute atomic E-state index is 0.00162. The number of hydrazine groups is 1. The highest BCUT2D eigenvalue weighted by Gasteiger charge is 2.21. The summed E-state index contributed by atoms with van der Waals surface area (Å²) in [5.41, 5.74) is 6.68. The van der Waals surface area contributed by atoms with Gasteiger partial charge in [-0.3, -0.25) is 29.9 Å². The van der Waals surface area contributed by atoms with Gasteiger partial charge in [-0.25, -0.2) is 0 Å². The first kappa shape index (κ1) is 20.2. The van der Waals surface area contributed by atoms with Crippen LogP contribution in [0.15, 0.2) is 30.3 Å². The van der Waals surface area contributed by atoms with Crippen molar-refractivity contribution >= 4 is 23.4 Å². The van der Waals surface area contributed by atoms with Crippen LogP contribution in [0, 0.1) is 19.3 Å². The lowest BCUT2D eigenvalue weighted by atomic mass is 9.95. The van der Waals surface area contributed by atoms with Crippen molar-refractivity contribution < 1.29 is 14.4 Å². The van der Waals surface area contributed by atoms with E-state index in [-0.39, 0.29) is 12.5 Å². The van der Waals surface area contributed by atoms with Crippen LogP contribution in [-0.2, 0) is 16.1 Å². The maximum atomic E-state index is 12.2. The number of nitrogens with one attached hydrogen (secondary N) is 3. The van der Waals surface area contributed by atoms with Gasteiger partial charge < -0.3 is 5.32 Å². The molecule has 0 spiro atoms. The number of aromatic nitrogens is 2. The Kier molecular flexibility index (Phi) is 5.99. The second kappa shape index (κ2) is 8.03. The van der Waals surface area contributed by atoms with E-state index < -0.39 is 17.2 Å². The molecule has 0 aliphatic carbocycles. The number of rotatable bonds is 4. The molecule has 0 saturated heterocycles. The van der Waals surface area contributed by atoms with Crippen LogP contribution in [0.4, 0.5) is 5.69 Å². The molecule has 2 aromatic rings. The van der Waals surface area contributed by atoms with Gasteiger partial charge in [0, 0.05) is 22.4 Å². The summed E-state index contributed by atoms with van der Waals surface area (Å²) in [7, 11) is 0. The van der Waals surface area contributed by atoms with E-state index >= 15 is 0 Å². The van der Waals surface area contributed by atoms with Gasteiger partial charge in [-0.05, 0) is 38.1 Å². The number of aryl methyl sites for hydroxylation is 2. The van der Waals surface area contributed by atoms with E-state index in [0.717, 1.165) is 11.4 Å². The summed E-state index contributed by atoms with van der Waals surface area (Å²) >= 11 is 0. The number of nitrogens with zero attached hydrogens (tertiary/aromatic N) is 2. The van der Waals surface area contributed by atoms with Gasteiger partial charge in [-0.1, -0.05) is 26.8 Å². The Balaban J connectivity index is 1.94. The summed E-state index contributed by atoms with van der Waals surface area (Å²) in [5.74, 6) is -1.03. The molecule has 144 valence electrons. The smallest absolute Gasteiger partial charge is 0.269 e. The average Bonchev–Trinajstić information content (AvgIpc) is 2.89. The molecule has 0 saturated carbocycles. The molecule has 0 unspecified atom stereocenters. The average molecular weight is 371 g/mol. The third-order valence-electron chi connectivity index (χ3n) is 3.78. The molecule has 3 N–H and O–H groups in total. The molecule has 1 aromatic heterocycles. The van der Waals surface area contributed by atoms with Gasteiger partial charge in [0.1, 0.15) is 6.54 Å². The highest BCUT2D eigenvalue weighted by atomic mass is 16.2. The summed E-state index contributed by atoms with van der Waals surface area (Å²) in [6.07, 6.45) is 0. The molecule has 2 rings (SSSR count). The highest BCUT2D eigenvalue weighted by Crippen LogP contribution is 2.18. The van der Waals surface area contributed by atoms with E-state index in [1.54, 1.807) is 49.7 Å². The van der Waals surface area contributed by atoms with E-state index in [1.165, 1.54) is 0 Å². The molecule has 0 fully saturated rings. The monoisotopic (exact) mass is 371 g/mol. The highest BCUT2D eigenvalue weighted by molar-refractivity contribution is 5.98. The van der Waals surface area contributed by atoms with E-state index in [2.05, 4.69) is 21.3 Å². The second-order valence-electron chi connectivity index (χ2n) is 7.37. The van der Waals surface area contributed by atoms with Crippen LogP contribution in [0.2, 0.25) is 0 Å². The molecular formula is C19H25N5O3. The molecule has 8 nitrogen and oxygen atoms in total. The molecule has 27 heavy (non-hydrogen) atoms. The Labute approximate surface area is 158 Å². The minimum Gasteiger partial charge on any atom is -0.326 e. The number of hydrogen-bond acceptors (Lipinski definition) is 4. The van der Waals surface area contributed by atoms with Crippen molar-refractivity contribution in [3.8, 4) is 0 Å². The summed E-state index contributed by atoms with van der Waals surface area (Å²) in [5, 5.41) is 6.96. The standard InChI is InChI=1S/C19H25N5O3/c1-12-9-13(2)24(23-12)11-16(25)21-22-17(26)14-7-6-8-15(10-14)20-18(27)19(3,4)5/h6-10H,11H2,1-5H3,(H,20,27)(H,21,25)(H,22,26). The zero-order valence-corrected chi connectivity index (χ0v) is 16.2. The number of hydrogen-bond donors (Lipinski definition) is 3. The molecule has 0 atom stereocenters. The fourth-order valence-electron chi connectivity index (χ4n) is 2.27. The van der Waals surface area contributed by atoms with Crippen LogP contribution in [0.25, 0.3) is 0 Å². The first-order chi connectivity index (χ1) is 12.6. The Bertz CT molecular complexity index is 864. The number of amides is 3. The third-order valence-corrected chi connectivity index (χ3v) is 3.78. The second-order valence-corrected chi connectivity index (χ2v) is 7.37. The zero-order valence-electron chi connectivity index (χ0n) is 16.2. The quantitative estimate of drug-likeness (QED) is 0.714. The lowest BCUT2D eigenvalue weighted by molar-refractivity contribution is -0.123. The predicted octanol–water partition coefficient (Wildman–Crippen LogP) is 1.95. The largest absolute Gasteiger partial charge is 0.326 e. The topological polar surface area (TPSA) is 105 Å². The van der Waals surface area contributed by atoms with Gasteiger partial charge in [-0.2, -0.15) is 5.10 Å². The van der Waals surface area contributed by atoms with E-state index in [9.17, 15) is 14.4 Å². The SMILES string of the molecule is Cc1cc(C)n(CC(=O)NNC(=O)c2cccc(NC(=O)C(C)(C)C)c2)n1. The third kappa shape index (κ3) is 5.67. The molecule has 8 heteroatoms. The first-order valence-electron chi connectivity index (χ1n) is 8.58. The number of benzene rings is 1. The fraction of sp³-hybridized carbons (Fsp3) is 0.368. The summed E-state index contributed by atoms with van der Waals surface area (Å²) in [6, 6.07) is 8.36. The zero-order chi connectivity index (χ0) is 20.2. The van der Waals surface area contributed by atoms with Gasteiger partial charge in [0.2, 0.25) is 5.91 Å². The van der Waals surface area contributed by atoms with E-state index in [4.69, 9.17) is 0 Å². The molecule has 1 aromatic carbocycles. The van der Waals surface area contributed by atoms with Gasteiger partial charge in [0.15, 0.2) is 0 Å². The lowest BCUT2D eigenvalue weighted by Crippen LogP contribution is -2.43. The molecule has 3 amide bonds. The van der Waals surface area contributed by atoms with Crippen molar-refractivity contribution in [2.45, 2.75) is 41.2 Å². The normalized spacial score (nSPS) is 11.0. The van der Waals surface area contributed by atoms with Gasteiger partial charge in [-0.15, -0.1) is 0 Å². The fourth-order valence-corrected chi connectivity index (χ4v) is 2.27. The van der Waals surface area contributed by atoms with Gasteiger partial charge in [0.05, 0.1) is 5.69 Å². The van der Waals surface area contributed by atoms with Crippen molar-refractivity contribution in [1.29, 1.82) is 0 Å². The Morgan fingerprint density at radius 3 is 2.37 bits per heavy atom. The summed E-state index contributed by atoms with van der Waals surface area (Å²) in [4.78, 5) is 36.3. The number of carbonyl (C=O) groups excluding carboxylic acids is 3. The maximum Gasteiger partial charge on any atom is 0.269 e. The first-order valence-corrected chi connectivity index (χ1v) is 8.58. The Morgan fingerprint density at radius 2 is 1.78 bits per heavy atom. The number of anilines is 1. The summed E-state index contributed by atoms with van der Waals surface area (Å²) in [6.45, 7) is 9.10. The maximum absolute atomic E-state index is 12.2. The van der Waals surface area contributed by atoms with Crippen LogP contribution < -0.4 is 16.2 Å². The van der Waals surface area contributed by atoms with Gasteiger partial charge >= 0.3 is 0 Å². The van der Waals surface area contributed by atoms with Crippen LogP contribution in [-0.4, -0.2) is 27.5 Å². The minimum atomic E-state index is -0.546. The number of carbonyl (C=O) groups is 3. The summed E-state index contributed by atoms with van der Waals surface area (Å²) < 4.78 is 1.56. The molecule has 0 aliphatic rings. The molecule has 0 radical (unpaired) electrons. The van der Waals surface area contributed by atoms with Crippen molar-refractivity contribution in [1.82, 2.24) is 20.6 Å². The van der Waals surface area contributed by atoms with E-state index in [1.807, 2.05) is 19.9 Å². The van der Waals surface area contributed by atoms with E-state index in [0.29, 0.717) is 11.3 Å². The van der Waals surface area contributed by atoms with Crippen LogP contribution in [0.3, 0.4) is 0 Å². The Morgan fingerprint density at radius 1 is 1.07 bits per heavy atom. The lowest BCUT2D eigenvalue weighted by Gasteiger charge is -2.18. The van der Waals surface area contributed by atoms with Crippen molar-refractivity contribution in [3.63, 3.8) is 0 Å². The molecule has 0 bridgehead atoms.